The van der Waals surface area contributed by atoms with Crippen molar-refractivity contribution in [1.82, 2.24) is 30.4 Å². The molecule has 0 saturated heterocycles. The third kappa shape index (κ3) is 7.29. The Morgan fingerprint density at radius 3 is 2.69 bits per heavy atom. The van der Waals surface area contributed by atoms with Crippen LogP contribution < -0.4 is 15.9 Å². The zero-order valence-electron chi connectivity index (χ0n) is 25.3. The third-order valence-electron chi connectivity index (χ3n) is 7.25. The van der Waals surface area contributed by atoms with Crippen molar-refractivity contribution < 1.29 is 4.39 Å². The van der Waals surface area contributed by atoms with Crippen LogP contribution in [0.15, 0.2) is 84.1 Å². The summed E-state index contributed by atoms with van der Waals surface area (Å²) in [5.74, 6) is -0.287. The van der Waals surface area contributed by atoms with Gasteiger partial charge >= 0.3 is 0 Å². The van der Waals surface area contributed by atoms with Crippen molar-refractivity contribution in [3.63, 3.8) is 0 Å². The number of nitrogens with zero attached hydrogens (tertiary/aromatic N) is 3. The number of allylic oxidation sites excluding steroid dienone is 7. The number of halogens is 1. The summed E-state index contributed by atoms with van der Waals surface area (Å²) in [7, 11) is 6.03. The van der Waals surface area contributed by atoms with Gasteiger partial charge in [-0.2, -0.15) is 5.10 Å². The van der Waals surface area contributed by atoms with Gasteiger partial charge in [-0.15, -0.1) is 0 Å². The van der Waals surface area contributed by atoms with Crippen LogP contribution in [0, 0.1) is 5.82 Å². The summed E-state index contributed by atoms with van der Waals surface area (Å²) in [4.78, 5) is 10.2. The molecule has 0 aliphatic carbocycles. The third-order valence-corrected chi connectivity index (χ3v) is 7.25. The fourth-order valence-corrected chi connectivity index (χ4v) is 5.01. The number of hydrogen-bond donors (Lipinski definition) is 3. The van der Waals surface area contributed by atoms with E-state index in [1.54, 1.807) is 6.20 Å². The average molecular weight is 565 g/mol. The summed E-state index contributed by atoms with van der Waals surface area (Å²) in [6.07, 6.45) is 14.2. The molecule has 3 N–H and O–H groups in total. The minimum Gasteiger partial charge on any atom is -0.353 e. The van der Waals surface area contributed by atoms with Crippen molar-refractivity contribution in [1.29, 1.82) is 0 Å². The van der Waals surface area contributed by atoms with Gasteiger partial charge in [0.1, 0.15) is 11.5 Å². The van der Waals surface area contributed by atoms with Crippen molar-refractivity contribution in [2.24, 2.45) is 0 Å². The Morgan fingerprint density at radius 1 is 1.17 bits per heavy atom. The standard InChI is InChI=1S/C35H41FN6/c1-8-25(11-10-16-42(6)7)17-27(9-2)23(3)12-13-31-24(4)34(41-40-31)33-21-30-32(39-33)14-15-38-35(30)28-18-26(22-37-5)19-29(36)20-28/h8-9,12-15,17-21,37,39-40H,1,4,10-11,16,22H2,2-3,5-7H3/b23-12+,25-17+,27-9+,31-13+. The van der Waals surface area contributed by atoms with E-state index in [-0.39, 0.29) is 5.82 Å². The topological polar surface area (TPSA) is 72.6 Å². The molecule has 0 spiro atoms. The van der Waals surface area contributed by atoms with Crippen LogP contribution in [0.5, 0.6) is 0 Å². The fourth-order valence-electron chi connectivity index (χ4n) is 5.01. The summed E-state index contributed by atoms with van der Waals surface area (Å²) in [6.45, 7) is 14.1. The van der Waals surface area contributed by atoms with E-state index in [9.17, 15) is 4.39 Å². The average Bonchev–Trinajstić information content (AvgIpc) is 3.56. The van der Waals surface area contributed by atoms with Gasteiger partial charge in [0.05, 0.1) is 16.7 Å². The molecule has 218 valence electrons. The maximum absolute atomic E-state index is 14.4. The molecule has 0 atom stereocenters. The highest BCUT2D eigenvalue weighted by Gasteiger charge is 2.14. The van der Waals surface area contributed by atoms with Crippen LogP contribution in [0.4, 0.5) is 4.39 Å². The van der Waals surface area contributed by atoms with Crippen LogP contribution in [-0.2, 0) is 6.54 Å². The number of H-pyrrole nitrogens is 2. The molecule has 4 aromatic rings. The van der Waals surface area contributed by atoms with Gasteiger partial charge in [0.2, 0.25) is 0 Å². The minimum absolute atomic E-state index is 0.287. The van der Waals surface area contributed by atoms with Crippen molar-refractivity contribution >= 4 is 23.6 Å². The van der Waals surface area contributed by atoms with Gasteiger partial charge in [-0.25, -0.2) is 4.39 Å². The Bertz CT molecular complexity index is 1770. The van der Waals surface area contributed by atoms with Gasteiger partial charge in [0.25, 0.3) is 0 Å². The van der Waals surface area contributed by atoms with Crippen LogP contribution in [0.2, 0.25) is 0 Å². The Morgan fingerprint density at radius 2 is 1.98 bits per heavy atom. The SMILES string of the molecule is C=C\C(=C/C(=C\C)C(/C)=C/C=c1/[nH]nc(-c2cc3c(-c4cc(F)cc(CNC)c4)nccc3[nH]2)c1=C)CCCN(C)C. The lowest BCUT2D eigenvalue weighted by Gasteiger charge is -2.10. The molecule has 3 aromatic heterocycles. The monoisotopic (exact) mass is 564 g/mol. The van der Waals surface area contributed by atoms with E-state index in [0.29, 0.717) is 12.2 Å². The second-order valence-electron chi connectivity index (χ2n) is 10.7. The van der Waals surface area contributed by atoms with E-state index in [0.717, 1.165) is 74.5 Å². The number of benzene rings is 1. The van der Waals surface area contributed by atoms with Crippen molar-refractivity contribution in [2.45, 2.75) is 33.2 Å². The number of pyridine rings is 1. The Balaban J connectivity index is 1.64. The van der Waals surface area contributed by atoms with E-state index < -0.39 is 0 Å². The fraction of sp³-hybridized carbons (Fsp3) is 0.257. The van der Waals surface area contributed by atoms with E-state index in [1.165, 1.54) is 17.7 Å². The number of aromatic amines is 2. The molecule has 42 heavy (non-hydrogen) atoms. The quantitative estimate of drug-likeness (QED) is 0.184. The van der Waals surface area contributed by atoms with Gasteiger partial charge in [0.15, 0.2) is 0 Å². The second kappa shape index (κ2) is 14.0. The van der Waals surface area contributed by atoms with Gasteiger partial charge in [0, 0.05) is 34.4 Å². The first kappa shape index (κ1) is 30.6. The van der Waals surface area contributed by atoms with Gasteiger partial charge < -0.3 is 15.2 Å². The largest absolute Gasteiger partial charge is 0.353 e. The van der Waals surface area contributed by atoms with Gasteiger partial charge in [-0.05, 0) is 113 Å². The molecule has 0 unspecified atom stereocenters. The Hall–Kier alpha value is -4.33. The lowest BCUT2D eigenvalue weighted by Crippen LogP contribution is -2.21. The molecule has 0 amide bonds. The Kier molecular flexibility index (Phi) is 10.2. The summed E-state index contributed by atoms with van der Waals surface area (Å²) in [5, 5.41) is 13.3. The lowest BCUT2D eigenvalue weighted by molar-refractivity contribution is 0.400. The normalized spacial score (nSPS) is 13.5. The number of nitrogens with one attached hydrogen (secondary N) is 3. The molecular formula is C35H41FN6. The number of aromatic nitrogens is 4. The summed E-state index contributed by atoms with van der Waals surface area (Å²) in [6, 6.07) is 8.94. The molecule has 0 radical (unpaired) electrons. The first-order chi connectivity index (χ1) is 20.2. The minimum atomic E-state index is -0.287. The molecule has 4 rings (SSSR count). The predicted molar refractivity (Wildman–Crippen MR) is 175 cm³/mol. The van der Waals surface area contributed by atoms with Crippen LogP contribution in [0.3, 0.4) is 0 Å². The van der Waals surface area contributed by atoms with Gasteiger partial charge in [-0.1, -0.05) is 37.5 Å². The molecular weight excluding hydrogens is 523 g/mol. The zero-order chi connectivity index (χ0) is 30.2. The van der Waals surface area contributed by atoms with E-state index in [4.69, 9.17) is 0 Å². The molecule has 1 aromatic carbocycles. The van der Waals surface area contributed by atoms with Crippen LogP contribution in [-0.4, -0.2) is 52.8 Å². The van der Waals surface area contributed by atoms with E-state index >= 15 is 0 Å². The number of hydrogen-bond acceptors (Lipinski definition) is 4. The first-order valence-electron chi connectivity index (χ1n) is 14.2. The predicted octanol–water partition coefficient (Wildman–Crippen LogP) is 6.02. The lowest BCUT2D eigenvalue weighted by atomic mass is 10.0. The van der Waals surface area contributed by atoms with Crippen molar-refractivity contribution in [3.8, 4) is 22.6 Å². The Labute approximate surface area is 247 Å². The summed E-state index contributed by atoms with van der Waals surface area (Å²) in [5.41, 5.74) is 8.26. The summed E-state index contributed by atoms with van der Waals surface area (Å²) >= 11 is 0. The molecule has 0 bridgehead atoms. The molecule has 7 heteroatoms. The highest BCUT2D eigenvalue weighted by molar-refractivity contribution is 5.96. The van der Waals surface area contributed by atoms with Crippen LogP contribution in [0.25, 0.3) is 46.2 Å². The highest BCUT2D eigenvalue weighted by atomic mass is 19.1. The smallest absolute Gasteiger partial charge is 0.124 e. The van der Waals surface area contributed by atoms with Crippen LogP contribution in [0.1, 0.15) is 32.3 Å². The van der Waals surface area contributed by atoms with Crippen molar-refractivity contribution in [2.75, 3.05) is 27.7 Å². The zero-order valence-corrected chi connectivity index (χ0v) is 25.3. The second-order valence-corrected chi connectivity index (χ2v) is 10.7. The molecule has 0 aliphatic heterocycles. The molecule has 6 nitrogen and oxygen atoms in total. The number of rotatable bonds is 12. The molecule has 0 saturated carbocycles. The maximum atomic E-state index is 14.4. The first-order valence-corrected chi connectivity index (χ1v) is 14.2. The molecule has 0 fully saturated rings. The highest BCUT2D eigenvalue weighted by Crippen LogP contribution is 2.30. The van der Waals surface area contributed by atoms with Crippen molar-refractivity contribution in [3.05, 3.63) is 106 Å². The molecule has 3 heterocycles. The van der Waals surface area contributed by atoms with E-state index in [1.807, 2.05) is 37.4 Å². The number of fused-ring (bicyclic) bond motifs is 1. The van der Waals surface area contributed by atoms with E-state index in [2.05, 4.69) is 89.7 Å². The van der Waals surface area contributed by atoms with Gasteiger partial charge in [-0.3, -0.25) is 10.1 Å². The van der Waals surface area contributed by atoms with Crippen LogP contribution >= 0.6 is 0 Å². The maximum Gasteiger partial charge on any atom is 0.124 e. The molecule has 0 aliphatic rings. The summed E-state index contributed by atoms with van der Waals surface area (Å²) < 4.78 is 14.4.